The minimum atomic E-state index is 0.145. The minimum Gasteiger partial charge on any atom is -0.358 e. The van der Waals surface area contributed by atoms with Gasteiger partial charge in [-0.2, -0.15) is 0 Å². The second-order valence-electron chi connectivity index (χ2n) is 5.69. The summed E-state index contributed by atoms with van der Waals surface area (Å²) >= 11 is 9.27. The Labute approximate surface area is 154 Å². The topological polar surface area (TPSA) is 62.1 Å². The van der Waals surface area contributed by atoms with E-state index in [0.717, 1.165) is 31.5 Å². The number of hydrogen-bond donors (Lipinski definition) is 0. The highest BCUT2D eigenvalue weighted by atomic mass is 79.9. The first-order valence-electron chi connectivity index (χ1n) is 7.72. The standard InChI is InChI=1S/C17H19BrClN3O2/c1-22(9-14(24)5-4-13-3-2-6-20-13)11-21-17-8-15(18)16(19)7-12(17)10-23/h7-8,10-11H,2-6,9H2,1H3. The van der Waals surface area contributed by atoms with Gasteiger partial charge < -0.3 is 4.90 Å². The average Bonchev–Trinajstić information content (AvgIpc) is 3.07. The molecule has 128 valence electrons. The Morgan fingerprint density at radius 3 is 2.96 bits per heavy atom. The molecule has 0 aromatic heterocycles. The van der Waals surface area contributed by atoms with Crippen molar-refractivity contribution in [2.24, 2.45) is 9.98 Å². The smallest absolute Gasteiger partial charge is 0.152 e. The molecule has 1 heterocycles. The van der Waals surface area contributed by atoms with E-state index in [1.807, 2.05) is 0 Å². The van der Waals surface area contributed by atoms with Gasteiger partial charge in [-0.3, -0.25) is 14.6 Å². The summed E-state index contributed by atoms with van der Waals surface area (Å²) in [6, 6.07) is 3.23. The van der Waals surface area contributed by atoms with Gasteiger partial charge in [0.2, 0.25) is 0 Å². The van der Waals surface area contributed by atoms with Crippen LogP contribution in [0.1, 0.15) is 36.0 Å². The Morgan fingerprint density at radius 2 is 2.29 bits per heavy atom. The summed E-state index contributed by atoms with van der Waals surface area (Å²) in [6.45, 7) is 1.17. The zero-order valence-corrected chi connectivity index (χ0v) is 15.8. The van der Waals surface area contributed by atoms with Crippen LogP contribution >= 0.6 is 27.5 Å². The minimum absolute atomic E-state index is 0.145. The second kappa shape index (κ2) is 9.08. The number of aldehydes is 1. The molecule has 5 nitrogen and oxygen atoms in total. The molecule has 0 saturated carbocycles. The lowest BCUT2D eigenvalue weighted by Gasteiger charge is -2.12. The van der Waals surface area contributed by atoms with Crippen LogP contribution in [-0.2, 0) is 4.79 Å². The Bertz CT molecular complexity index is 689. The molecule has 0 bridgehead atoms. The Balaban J connectivity index is 1.90. The number of Topliss-reactive ketones (excluding diaryl/α,β-unsaturated/α-hetero) is 1. The van der Waals surface area contributed by atoms with E-state index in [-0.39, 0.29) is 12.3 Å². The van der Waals surface area contributed by atoms with E-state index in [1.54, 1.807) is 30.4 Å². The number of nitrogens with zero attached hydrogens (tertiary/aromatic N) is 3. The summed E-state index contributed by atoms with van der Waals surface area (Å²) < 4.78 is 0.665. The van der Waals surface area contributed by atoms with Crippen LogP contribution in [0.25, 0.3) is 0 Å². The highest BCUT2D eigenvalue weighted by Crippen LogP contribution is 2.30. The molecule has 0 unspecified atom stereocenters. The molecule has 1 aliphatic heterocycles. The largest absolute Gasteiger partial charge is 0.358 e. The van der Waals surface area contributed by atoms with Gasteiger partial charge in [-0.1, -0.05) is 11.6 Å². The lowest BCUT2D eigenvalue weighted by Crippen LogP contribution is -2.24. The molecular weight excluding hydrogens is 394 g/mol. The predicted octanol–water partition coefficient (Wildman–Crippen LogP) is 4.09. The number of halogens is 2. The third-order valence-electron chi connectivity index (χ3n) is 3.67. The van der Waals surface area contributed by atoms with Gasteiger partial charge in [-0.25, -0.2) is 4.99 Å². The van der Waals surface area contributed by atoms with Gasteiger partial charge in [0.25, 0.3) is 0 Å². The number of aliphatic imine (C=N–C) groups is 2. The Kier molecular flexibility index (Phi) is 7.12. The molecule has 1 aliphatic rings. The summed E-state index contributed by atoms with van der Waals surface area (Å²) in [7, 11) is 1.78. The van der Waals surface area contributed by atoms with Crippen molar-refractivity contribution in [3.8, 4) is 0 Å². The first-order chi connectivity index (χ1) is 11.5. The maximum absolute atomic E-state index is 12.0. The van der Waals surface area contributed by atoms with Gasteiger partial charge in [-0.05, 0) is 47.3 Å². The van der Waals surface area contributed by atoms with E-state index in [4.69, 9.17) is 11.6 Å². The summed E-state index contributed by atoms with van der Waals surface area (Å²) in [4.78, 5) is 33.5. The zero-order chi connectivity index (χ0) is 17.5. The molecule has 0 atom stereocenters. The molecule has 0 radical (unpaired) electrons. The van der Waals surface area contributed by atoms with E-state index in [1.165, 1.54) is 0 Å². The van der Waals surface area contributed by atoms with Gasteiger partial charge >= 0.3 is 0 Å². The fourth-order valence-corrected chi connectivity index (χ4v) is 2.91. The molecule has 0 N–H and O–H groups in total. The maximum atomic E-state index is 12.0. The average molecular weight is 413 g/mol. The normalized spacial score (nSPS) is 14.0. The SMILES string of the molecule is CN(C=Nc1cc(Br)c(Cl)cc1C=O)CC(=O)CCC1=NCCC1. The first kappa shape index (κ1) is 18.8. The van der Waals surface area contributed by atoms with Crippen molar-refractivity contribution in [3.05, 3.63) is 27.2 Å². The van der Waals surface area contributed by atoms with Crippen molar-refractivity contribution in [3.63, 3.8) is 0 Å². The molecule has 1 aromatic rings. The van der Waals surface area contributed by atoms with Crippen molar-refractivity contribution in [2.75, 3.05) is 20.1 Å². The van der Waals surface area contributed by atoms with E-state index in [9.17, 15) is 9.59 Å². The predicted molar refractivity (Wildman–Crippen MR) is 101 cm³/mol. The van der Waals surface area contributed by atoms with E-state index in [0.29, 0.717) is 33.5 Å². The molecular formula is C17H19BrClN3O2. The van der Waals surface area contributed by atoms with Crippen LogP contribution in [0.3, 0.4) is 0 Å². The molecule has 0 fully saturated rings. The van der Waals surface area contributed by atoms with Crippen LogP contribution in [0.2, 0.25) is 5.02 Å². The number of ketones is 1. The van der Waals surface area contributed by atoms with Gasteiger partial charge in [0.15, 0.2) is 12.1 Å². The molecule has 7 heteroatoms. The van der Waals surface area contributed by atoms with Crippen molar-refractivity contribution in [1.82, 2.24) is 4.90 Å². The highest BCUT2D eigenvalue weighted by molar-refractivity contribution is 9.10. The molecule has 2 rings (SSSR count). The Morgan fingerprint density at radius 1 is 1.50 bits per heavy atom. The third kappa shape index (κ3) is 5.53. The van der Waals surface area contributed by atoms with Crippen LogP contribution in [0, 0.1) is 0 Å². The number of carbonyl (C=O) groups excluding carboxylic acids is 2. The fourth-order valence-electron chi connectivity index (χ4n) is 2.40. The first-order valence-corrected chi connectivity index (χ1v) is 8.89. The monoisotopic (exact) mass is 411 g/mol. The quantitative estimate of drug-likeness (QED) is 0.367. The van der Waals surface area contributed by atoms with Crippen molar-refractivity contribution < 1.29 is 9.59 Å². The van der Waals surface area contributed by atoms with Crippen LogP contribution < -0.4 is 0 Å². The van der Waals surface area contributed by atoms with Gasteiger partial charge in [0.1, 0.15) is 0 Å². The summed E-state index contributed by atoms with van der Waals surface area (Å²) in [6.07, 6.45) is 5.63. The van der Waals surface area contributed by atoms with Crippen molar-refractivity contribution in [1.29, 1.82) is 0 Å². The van der Waals surface area contributed by atoms with Gasteiger partial charge in [0.05, 0.1) is 23.6 Å². The number of benzene rings is 1. The molecule has 0 saturated heterocycles. The zero-order valence-electron chi connectivity index (χ0n) is 13.5. The Hall–Kier alpha value is -1.53. The van der Waals surface area contributed by atoms with Crippen molar-refractivity contribution in [2.45, 2.75) is 25.7 Å². The summed E-state index contributed by atoms with van der Waals surface area (Å²) in [5.41, 5.74) is 2.06. The van der Waals surface area contributed by atoms with E-state index >= 15 is 0 Å². The summed E-state index contributed by atoms with van der Waals surface area (Å²) in [5, 5.41) is 0.453. The van der Waals surface area contributed by atoms with E-state index in [2.05, 4.69) is 25.9 Å². The molecule has 0 aliphatic carbocycles. The van der Waals surface area contributed by atoms with Gasteiger partial charge in [0, 0.05) is 35.8 Å². The van der Waals surface area contributed by atoms with Crippen LogP contribution in [0.15, 0.2) is 26.6 Å². The number of hydrogen-bond acceptors (Lipinski definition) is 4. The van der Waals surface area contributed by atoms with Crippen molar-refractivity contribution >= 4 is 57.3 Å². The molecule has 24 heavy (non-hydrogen) atoms. The summed E-state index contributed by atoms with van der Waals surface area (Å²) in [5.74, 6) is 0.145. The second-order valence-corrected chi connectivity index (χ2v) is 6.95. The molecule has 1 aromatic carbocycles. The molecule has 0 spiro atoms. The van der Waals surface area contributed by atoms with Crippen LogP contribution in [-0.4, -0.2) is 49.2 Å². The lowest BCUT2D eigenvalue weighted by atomic mass is 10.1. The number of rotatable bonds is 8. The third-order valence-corrected chi connectivity index (χ3v) is 4.86. The maximum Gasteiger partial charge on any atom is 0.152 e. The molecule has 0 amide bonds. The van der Waals surface area contributed by atoms with Gasteiger partial charge in [-0.15, -0.1) is 0 Å². The van der Waals surface area contributed by atoms with Crippen LogP contribution in [0.4, 0.5) is 5.69 Å². The van der Waals surface area contributed by atoms with Crippen LogP contribution in [0.5, 0.6) is 0 Å². The number of likely N-dealkylation sites (N-methyl/N-ethyl adjacent to an activating group) is 1. The highest BCUT2D eigenvalue weighted by Gasteiger charge is 2.10. The number of carbonyl (C=O) groups is 2. The van der Waals surface area contributed by atoms with E-state index < -0.39 is 0 Å². The lowest BCUT2D eigenvalue weighted by molar-refractivity contribution is -0.119. The fraction of sp³-hybridized carbons (Fsp3) is 0.412.